The molecule has 1 rings (SSSR count). The summed E-state index contributed by atoms with van der Waals surface area (Å²) in [6.45, 7) is 11.4. The van der Waals surface area contributed by atoms with Gasteiger partial charge in [0.05, 0.1) is 4.92 Å². The van der Waals surface area contributed by atoms with Crippen molar-refractivity contribution in [3.63, 3.8) is 0 Å². The van der Waals surface area contributed by atoms with Gasteiger partial charge in [0.1, 0.15) is 5.82 Å². The van der Waals surface area contributed by atoms with E-state index in [1.165, 1.54) is 0 Å². The number of nitro groups is 1. The van der Waals surface area contributed by atoms with Crippen LogP contribution in [0.4, 0.5) is 11.5 Å². The van der Waals surface area contributed by atoms with Gasteiger partial charge >= 0.3 is 5.69 Å². The molecule has 1 aromatic heterocycles. The Labute approximate surface area is 117 Å². The van der Waals surface area contributed by atoms with Crippen molar-refractivity contribution in [3.05, 3.63) is 21.1 Å². The first kappa shape index (κ1) is 15.6. The highest BCUT2D eigenvalue weighted by molar-refractivity contribution is 6.31. The van der Waals surface area contributed by atoms with Gasteiger partial charge in [0, 0.05) is 11.0 Å². The summed E-state index contributed by atoms with van der Waals surface area (Å²) in [6, 6.07) is 0. The average molecular weight is 287 g/mol. The second-order valence-corrected chi connectivity index (χ2v) is 6.78. The Morgan fingerprint density at radius 1 is 1.16 bits per heavy atom. The molecule has 106 valence electrons. The zero-order valence-electron chi connectivity index (χ0n) is 12.0. The molecule has 1 aromatic rings. The maximum absolute atomic E-state index is 11.1. The van der Waals surface area contributed by atoms with Crippen molar-refractivity contribution in [1.29, 1.82) is 0 Å². The Morgan fingerprint density at radius 2 is 1.68 bits per heavy atom. The molecular formula is C12H19ClN4O2. The predicted octanol–water partition coefficient (Wildman–Crippen LogP) is 3.55. The van der Waals surface area contributed by atoms with Gasteiger partial charge in [0.25, 0.3) is 0 Å². The zero-order chi connectivity index (χ0) is 15.0. The molecule has 0 bridgehead atoms. The topological polar surface area (TPSA) is 81.0 Å². The number of rotatable bonds is 2. The molecule has 0 aliphatic carbocycles. The number of hydrogen-bond donors (Lipinski definition) is 1. The largest absolute Gasteiger partial charge is 0.360 e. The Hall–Kier alpha value is -1.43. The molecule has 1 N–H and O–H groups in total. The van der Waals surface area contributed by atoms with Crippen molar-refractivity contribution in [3.8, 4) is 0 Å². The lowest BCUT2D eigenvalue weighted by Gasteiger charge is -2.23. The van der Waals surface area contributed by atoms with E-state index in [9.17, 15) is 10.1 Å². The summed E-state index contributed by atoms with van der Waals surface area (Å²) in [5.74, 6) is 0.622. The molecule has 0 radical (unpaired) electrons. The van der Waals surface area contributed by atoms with Gasteiger partial charge in [-0.3, -0.25) is 10.1 Å². The van der Waals surface area contributed by atoms with Gasteiger partial charge in [-0.1, -0.05) is 32.4 Å². The second-order valence-electron chi connectivity index (χ2n) is 6.42. The van der Waals surface area contributed by atoms with Crippen molar-refractivity contribution in [2.45, 2.75) is 52.5 Å². The number of aromatic nitrogens is 2. The van der Waals surface area contributed by atoms with Gasteiger partial charge in [-0.2, -0.15) is 0 Å². The minimum Gasteiger partial charge on any atom is -0.360 e. The highest BCUT2D eigenvalue weighted by Gasteiger charge is 2.29. The zero-order valence-corrected chi connectivity index (χ0v) is 12.8. The lowest BCUT2D eigenvalue weighted by atomic mass is 9.95. The first-order chi connectivity index (χ1) is 8.42. The van der Waals surface area contributed by atoms with E-state index in [1.54, 1.807) is 0 Å². The van der Waals surface area contributed by atoms with Gasteiger partial charge in [0.15, 0.2) is 0 Å². The number of halogens is 1. The van der Waals surface area contributed by atoms with Crippen LogP contribution in [0.15, 0.2) is 0 Å². The molecule has 0 unspecified atom stereocenters. The van der Waals surface area contributed by atoms with Crippen LogP contribution < -0.4 is 5.32 Å². The van der Waals surface area contributed by atoms with Crippen LogP contribution in [0, 0.1) is 10.1 Å². The average Bonchev–Trinajstić information content (AvgIpc) is 2.11. The smallest absolute Gasteiger partial charge is 0.348 e. The van der Waals surface area contributed by atoms with Crippen molar-refractivity contribution in [2.24, 2.45) is 0 Å². The van der Waals surface area contributed by atoms with E-state index >= 15 is 0 Å². The summed E-state index contributed by atoms with van der Waals surface area (Å²) < 4.78 is 0. The highest BCUT2D eigenvalue weighted by atomic mass is 35.5. The van der Waals surface area contributed by atoms with Crippen molar-refractivity contribution in [1.82, 2.24) is 9.97 Å². The molecule has 0 atom stereocenters. The van der Waals surface area contributed by atoms with Gasteiger partial charge in [-0.25, -0.2) is 9.97 Å². The molecule has 0 aliphatic rings. The summed E-state index contributed by atoms with van der Waals surface area (Å²) in [4.78, 5) is 18.8. The fourth-order valence-corrected chi connectivity index (χ4v) is 1.61. The number of nitrogens with zero attached hydrogens (tertiary/aromatic N) is 3. The summed E-state index contributed by atoms with van der Waals surface area (Å²) in [6.07, 6.45) is 0. The summed E-state index contributed by atoms with van der Waals surface area (Å²) >= 11 is 5.93. The third-order valence-corrected chi connectivity index (χ3v) is 2.45. The maximum atomic E-state index is 11.1. The van der Waals surface area contributed by atoms with Crippen LogP contribution in [0.25, 0.3) is 0 Å². The van der Waals surface area contributed by atoms with E-state index < -0.39 is 4.92 Å². The van der Waals surface area contributed by atoms with Crippen LogP contribution >= 0.6 is 11.6 Å². The van der Waals surface area contributed by atoms with Gasteiger partial charge in [0.2, 0.25) is 11.0 Å². The Morgan fingerprint density at radius 3 is 2.05 bits per heavy atom. The Bertz CT molecular complexity index is 504. The van der Waals surface area contributed by atoms with Crippen LogP contribution in [0.2, 0.25) is 5.15 Å². The summed E-state index contributed by atoms with van der Waals surface area (Å²) in [5, 5.41) is 14.0. The van der Waals surface area contributed by atoms with Crippen molar-refractivity contribution >= 4 is 23.1 Å². The molecule has 0 amide bonds. The van der Waals surface area contributed by atoms with Crippen LogP contribution in [0.3, 0.4) is 0 Å². The molecule has 6 nitrogen and oxygen atoms in total. The summed E-state index contributed by atoms with van der Waals surface area (Å²) in [5.41, 5.74) is -0.991. The predicted molar refractivity (Wildman–Crippen MR) is 75.8 cm³/mol. The Kier molecular flexibility index (Phi) is 4.05. The molecule has 0 aromatic carbocycles. The van der Waals surface area contributed by atoms with Crippen molar-refractivity contribution in [2.75, 3.05) is 5.32 Å². The molecular weight excluding hydrogens is 268 g/mol. The van der Waals surface area contributed by atoms with Crippen LogP contribution in [-0.4, -0.2) is 20.4 Å². The lowest BCUT2D eigenvalue weighted by Crippen LogP contribution is -2.28. The third kappa shape index (κ3) is 4.02. The standard InChI is InChI=1S/C12H19ClN4O2/c1-11(2,3)10-14-8(13)7(17(18)19)9(15-10)16-12(4,5)6/h1-6H3,(H,14,15,16). The Balaban J connectivity index is 3.46. The van der Waals surface area contributed by atoms with Gasteiger partial charge in [-0.15, -0.1) is 0 Å². The normalized spacial score (nSPS) is 12.4. The molecule has 0 aliphatic heterocycles. The van der Waals surface area contributed by atoms with Gasteiger partial charge < -0.3 is 5.32 Å². The number of anilines is 1. The first-order valence-electron chi connectivity index (χ1n) is 5.92. The minimum atomic E-state index is -0.567. The quantitative estimate of drug-likeness (QED) is 0.511. The van der Waals surface area contributed by atoms with E-state index in [0.717, 1.165) is 0 Å². The van der Waals surface area contributed by atoms with E-state index in [0.29, 0.717) is 5.82 Å². The van der Waals surface area contributed by atoms with Crippen molar-refractivity contribution < 1.29 is 4.92 Å². The fraction of sp³-hybridized carbons (Fsp3) is 0.667. The van der Waals surface area contributed by atoms with Crippen LogP contribution in [0.5, 0.6) is 0 Å². The lowest BCUT2D eigenvalue weighted by molar-refractivity contribution is -0.384. The second kappa shape index (κ2) is 4.92. The molecule has 0 fully saturated rings. The molecule has 0 saturated carbocycles. The van der Waals surface area contributed by atoms with E-state index in [1.807, 2.05) is 41.5 Å². The van der Waals surface area contributed by atoms with E-state index in [-0.39, 0.29) is 27.6 Å². The molecule has 7 heteroatoms. The summed E-state index contributed by atoms with van der Waals surface area (Å²) in [7, 11) is 0. The molecule has 1 heterocycles. The fourth-order valence-electron chi connectivity index (χ4n) is 1.37. The molecule has 0 spiro atoms. The third-order valence-electron chi connectivity index (χ3n) is 2.19. The molecule has 19 heavy (non-hydrogen) atoms. The molecule has 0 saturated heterocycles. The van der Waals surface area contributed by atoms with Gasteiger partial charge in [-0.05, 0) is 20.8 Å². The monoisotopic (exact) mass is 286 g/mol. The van der Waals surface area contributed by atoms with E-state index in [2.05, 4.69) is 15.3 Å². The minimum absolute atomic E-state index is 0.142. The van der Waals surface area contributed by atoms with Crippen LogP contribution in [-0.2, 0) is 5.41 Å². The number of hydrogen-bond acceptors (Lipinski definition) is 5. The maximum Gasteiger partial charge on any atom is 0.348 e. The van der Waals surface area contributed by atoms with Crippen LogP contribution in [0.1, 0.15) is 47.4 Å². The first-order valence-corrected chi connectivity index (χ1v) is 6.30. The SMILES string of the molecule is CC(C)(C)Nc1nc(C(C)(C)C)nc(Cl)c1[N+](=O)[O-]. The van der Waals surface area contributed by atoms with E-state index in [4.69, 9.17) is 11.6 Å². The highest BCUT2D eigenvalue weighted by Crippen LogP contribution is 2.33. The number of nitrogens with one attached hydrogen (secondary N) is 1.